The zero-order valence-corrected chi connectivity index (χ0v) is 20.1. The maximum atomic E-state index is 12.3. The third kappa shape index (κ3) is 11.3. The molecule has 0 aromatic carbocycles. The van der Waals surface area contributed by atoms with Gasteiger partial charge in [0.25, 0.3) is 0 Å². The fourth-order valence-electron chi connectivity index (χ4n) is 3.41. The first-order chi connectivity index (χ1) is 13.8. The first-order valence-corrected chi connectivity index (χ1v) is 14.5. The Hall–Kier alpha value is -1.46. The lowest BCUT2D eigenvalue weighted by Gasteiger charge is -2.24. The van der Waals surface area contributed by atoms with Gasteiger partial charge in [-0.2, -0.15) is 0 Å². The fraction of sp³-hybridized carbons (Fsp3) is 0.667. The molecule has 0 bridgehead atoms. The van der Waals surface area contributed by atoms with Gasteiger partial charge in [0, 0.05) is 18.4 Å². The quantitative estimate of drug-likeness (QED) is 0.143. The number of carbonyl (C=O) groups excluding carboxylic acids is 2. The number of hydrogen-bond donors (Lipinski definition) is 0. The van der Waals surface area contributed by atoms with E-state index in [2.05, 4.69) is 55.6 Å². The molecule has 0 fully saturated rings. The monoisotopic (exact) mass is 420 g/mol. The Bertz CT molecular complexity index is 611. The Kier molecular flexibility index (Phi) is 12.1. The molecule has 0 spiro atoms. The first kappa shape index (κ1) is 25.6. The van der Waals surface area contributed by atoms with Crippen molar-refractivity contribution < 1.29 is 18.8 Å². The molecule has 0 N–H and O–H groups in total. The van der Waals surface area contributed by atoms with Gasteiger partial charge in [-0.1, -0.05) is 50.5 Å². The largest absolute Gasteiger partial charge is 0.469 e. The highest BCUT2D eigenvalue weighted by Crippen LogP contribution is 2.27. The van der Waals surface area contributed by atoms with Gasteiger partial charge in [-0.25, -0.2) is 0 Å². The lowest BCUT2D eigenvalue weighted by molar-refractivity contribution is -0.140. The van der Waals surface area contributed by atoms with E-state index in [1.54, 1.807) is 0 Å². The van der Waals surface area contributed by atoms with E-state index in [4.69, 9.17) is 4.43 Å². The van der Waals surface area contributed by atoms with Crippen molar-refractivity contribution >= 4 is 20.1 Å². The number of ether oxygens (including phenoxy) is 1. The molecular weight excluding hydrogens is 380 g/mol. The predicted molar refractivity (Wildman–Crippen MR) is 122 cm³/mol. The summed E-state index contributed by atoms with van der Waals surface area (Å²) in [5, 5.41) is 0. The minimum atomic E-state index is -1.61. The molecule has 0 amide bonds. The third-order valence-electron chi connectivity index (χ3n) is 4.92. The molecule has 4 nitrogen and oxygen atoms in total. The Morgan fingerprint density at radius 1 is 1.14 bits per heavy atom. The van der Waals surface area contributed by atoms with Crippen LogP contribution >= 0.6 is 0 Å². The Morgan fingerprint density at radius 3 is 2.55 bits per heavy atom. The summed E-state index contributed by atoms with van der Waals surface area (Å²) in [6.45, 7) is 8.89. The summed E-state index contributed by atoms with van der Waals surface area (Å²) < 4.78 is 11.0. The van der Waals surface area contributed by atoms with Gasteiger partial charge in [0.15, 0.2) is 14.1 Å². The summed E-state index contributed by atoms with van der Waals surface area (Å²) in [5.74, 6) is 0.0889. The number of carbonyl (C=O) groups is 2. The van der Waals surface area contributed by atoms with E-state index >= 15 is 0 Å². The molecular formula is C24H40O4Si. The fourth-order valence-corrected chi connectivity index (χ4v) is 4.52. The van der Waals surface area contributed by atoms with E-state index in [1.165, 1.54) is 26.4 Å². The van der Waals surface area contributed by atoms with E-state index in [9.17, 15) is 9.59 Å². The van der Waals surface area contributed by atoms with Gasteiger partial charge in [0.05, 0.1) is 13.2 Å². The van der Waals surface area contributed by atoms with Crippen molar-refractivity contribution in [2.75, 3.05) is 7.11 Å². The molecule has 0 aliphatic heterocycles. The topological polar surface area (TPSA) is 52.6 Å². The van der Waals surface area contributed by atoms with Crippen LogP contribution < -0.4 is 0 Å². The van der Waals surface area contributed by atoms with E-state index in [-0.39, 0.29) is 17.9 Å². The highest BCUT2D eigenvalue weighted by atomic mass is 28.4. The Balaban J connectivity index is 2.68. The molecule has 164 valence electrons. The van der Waals surface area contributed by atoms with E-state index in [0.29, 0.717) is 19.3 Å². The van der Waals surface area contributed by atoms with Crippen molar-refractivity contribution in [2.45, 2.75) is 96.9 Å². The minimum absolute atomic E-state index is 0.145. The van der Waals surface area contributed by atoms with Crippen molar-refractivity contribution in [1.82, 2.24) is 0 Å². The number of Topliss-reactive ketones (excluding diaryl/α,β-unsaturated/α-hetero) is 1. The van der Waals surface area contributed by atoms with Crippen LogP contribution in [0.3, 0.4) is 0 Å². The van der Waals surface area contributed by atoms with Crippen LogP contribution in [-0.4, -0.2) is 33.3 Å². The molecule has 1 atom stereocenters. The van der Waals surface area contributed by atoms with Gasteiger partial charge in [0.1, 0.15) is 0 Å². The Labute approximate surface area is 178 Å². The number of hydrogen-bond acceptors (Lipinski definition) is 4. The molecule has 1 rings (SSSR count). The number of rotatable bonds is 14. The number of unbranched alkanes of at least 4 members (excludes halogenated alkanes) is 3. The summed E-state index contributed by atoms with van der Waals surface area (Å²) in [5.41, 5.74) is 2.10. The van der Waals surface area contributed by atoms with Crippen LogP contribution in [0.1, 0.15) is 71.1 Å². The van der Waals surface area contributed by atoms with Gasteiger partial charge < -0.3 is 9.16 Å². The van der Waals surface area contributed by atoms with E-state index < -0.39 is 8.32 Å². The molecule has 1 aliphatic carbocycles. The molecule has 1 aliphatic rings. The molecule has 0 heterocycles. The van der Waals surface area contributed by atoms with Crippen LogP contribution in [0.25, 0.3) is 0 Å². The van der Waals surface area contributed by atoms with Crippen LogP contribution in [0.2, 0.25) is 19.6 Å². The number of allylic oxidation sites excluding steroid dienone is 5. The van der Waals surface area contributed by atoms with E-state index in [0.717, 1.165) is 36.8 Å². The second-order valence-electron chi connectivity index (χ2n) is 8.69. The second-order valence-corrected chi connectivity index (χ2v) is 13.2. The lowest BCUT2D eigenvalue weighted by atomic mass is 10.0. The molecule has 0 aromatic heterocycles. The molecule has 0 aromatic rings. The standard InChI is InChI=1S/C24H40O4Si/c1-6-7-10-13-21(28-29(3,4)5)18-16-20-17-19-23(25)22(20)14-11-8-9-12-15-24(26)27-2/h8,11,16,18,21H,6-7,9-10,12-15,17,19H2,1-5H3/b11-8+,18-16+/t21-/m0/s1. The average molecular weight is 421 g/mol. The van der Waals surface area contributed by atoms with Gasteiger partial charge >= 0.3 is 5.97 Å². The van der Waals surface area contributed by atoms with Gasteiger partial charge in [-0.15, -0.1) is 0 Å². The smallest absolute Gasteiger partial charge is 0.305 e. The van der Waals surface area contributed by atoms with Crippen LogP contribution in [0.15, 0.2) is 35.5 Å². The van der Waals surface area contributed by atoms with Crippen LogP contribution in [0.4, 0.5) is 0 Å². The number of esters is 1. The van der Waals surface area contributed by atoms with Gasteiger partial charge in [-0.05, 0) is 57.3 Å². The second kappa shape index (κ2) is 13.7. The zero-order chi connectivity index (χ0) is 21.7. The SMILES string of the molecule is CCCCC[C@@H](/C=C/C1=C(C/C=C/CCCC(=O)OC)C(=O)CC1)O[Si](C)(C)C. The first-order valence-electron chi connectivity index (χ1n) is 11.1. The van der Waals surface area contributed by atoms with Crippen molar-refractivity contribution in [3.63, 3.8) is 0 Å². The van der Waals surface area contributed by atoms with Crippen molar-refractivity contribution in [1.29, 1.82) is 0 Å². The Morgan fingerprint density at radius 2 is 1.90 bits per heavy atom. The maximum Gasteiger partial charge on any atom is 0.305 e. The van der Waals surface area contributed by atoms with Gasteiger partial charge in [-0.3, -0.25) is 9.59 Å². The predicted octanol–water partition coefficient (Wildman–Crippen LogP) is 6.29. The third-order valence-corrected chi connectivity index (χ3v) is 5.93. The summed E-state index contributed by atoms with van der Waals surface area (Å²) in [7, 11) is -0.200. The molecule has 29 heavy (non-hydrogen) atoms. The summed E-state index contributed by atoms with van der Waals surface area (Å²) in [6, 6.07) is 0. The lowest BCUT2D eigenvalue weighted by Crippen LogP contribution is -2.31. The minimum Gasteiger partial charge on any atom is -0.469 e. The highest BCUT2D eigenvalue weighted by Gasteiger charge is 2.22. The van der Waals surface area contributed by atoms with Crippen LogP contribution in [0.5, 0.6) is 0 Å². The van der Waals surface area contributed by atoms with Crippen molar-refractivity contribution in [3.8, 4) is 0 Å². The summed E-state index contributed by atoms with van der Waals surface area (Å²) >= 11 is 0. The zero-order valence-electron chi connectivity index (χ0n) is 19.1. The molecule has 0 radical (unpaired) electrons. The number of methoxy groups -OCH3 is 1. The highest BCUT2D eigenvalue weighted by molar-refractivity contribution is 6.69. The van der Waals surface area contributed by atoms with Crippen molar-refractivity contribution in [2.24, 2.45) is 0 Å². The van der Waals surface area contributed by atoms with Gasteiger partial charge in [0.2, 0.25) is 0 Å². The summed E-state index contributed by atoms with van der Waals surface area (Å²) in [4.78, 5) is 23.4. The van der Waals surface area contributed by atoms with Crippen LogP contribution in [0, 0.1) is 0 Å². The molecule has 0 unspecified atom stereocenters. The normalized spacial score (nSPS) is 16.4. The molecule has 0 saturated carbocycles. The molecule has 5 heteroatoms. The average Bonchev–Trinajstić information content (AvgIpc) is 3.01. The number of ketones is 1. The van der Waals surface area contributed by atoms with E-state index in [1.807, 2.05) is 0 Å². The van der Waals surface area contributed by atoms with Crippen molar-refractivity contribution in [3.05, 3.63) is 35.5 Å². The summed E-state index contributed by atoms with van der Waals surface area (Å²) in [6.07, 6.45) is 17.4. The molecule has 0 saturated heterocycles. The maximum absolute atomic E-state index is 12.3. The van der Waals surface area contributed by atoms with Crippen LogP contribution in [-0.2, 0) is 18.8 Å².